The van der Waals surface area contributed by atoms with Gasteiger partial charge in [-0.05, 0) is 12.3 Å². The van der Waals surface area contributed by atoms with Crippen molar-refractivity contribution in [1.29, 1.82) is 0 Å². The molecule has 4 nitrogen and oxygen atoms in total. The molecule has 0 saturated carbocycles. The molecule has 1 rings (SSSR count). The van der Waals surface area contributed by atoms with Crippen LogP contribution in [0.3, 0.4) is 0 Å². The summed E-state index contributed by atoms with van der Waals surface area (Å²) >= 11 is 1.47. The molecule has 0 spiro atoms. The fourth-order valence-electron chi connectivity index (χ4n) is 1.27. The third kappa shape index (κ3) is 1.92. The molecule has 78 valence electrons. The lowest BCUT2D eigenvalue weighted by Crippen LogP contribution is -2.46. The molecule has 1 aliphatic heterocycles. The Labute approximate surface area is 87.9 Å². The number of hydrogen-bond donors (Lipinski definition) is 0. The molecule has 0 aliphatic carbocycles. The Balaban J connectivity index is 2.83. The highest BCUT2D eigenvalue weighted by Gasteiger charge is 2.31. The Bertz CT molecular complexity index is 287. The van der Waals surface area contributed by atoms with Gasteiger partial charge in [0.05, 0.1) is 0 Å². The van der Waals surface area contributed by atoms with Crippen molar-refractivity contribution in [2.45, 2.75) is 26.3 Å². The summed E-state index contributed by atoms with van der Waals surface area (Å²) in [6.45, 7) is 4.76. The van der Waals surface area contributed by atoms with Crippen LogP contribution in [0.2, 0.25) is 0 Å². The summed E-state index contributed by atoms with van der Waals surface area (Å²) in [6, 6.07) is 0. The summed E-state index contributed by atoms with van der Waals surface area (Å²) in [5, 5.41) is 1.95. The summed E-state index contributed by atoms with van der Waals surface area (Å²) in [4.78, 5) is 25.7. The smallest absolute Gasteiger partial charge is 0.228 e. The van der Waals surface area contributed by atoms with Crippen molar-refractivity contribution in [3.8, 4) is 0 Å². The summed E-state index contributed by atoms with van der Waals surface area (Å²) in [5.74, 6) is -0.435. The third-order valence-electron chi connectivity index (χ3n) is 2.15. The Morgan fingerprint density at radius 3 is 2.21 bits per heavy atom. The lowest BCUT2D eigenvalue weighted by molar-refractivity contribution is -0.145. The van der Waals surface area contributed by atoms with E-state index in [-0.39, 0.29) is 17.3 Å². The Morgan fingerprint density at radius 1 is 1.43 bits per heavy atom. The van der Waals surface area contributed by atoms with E-state index in [9.17, 15) is 9.59 Å². The van der Waals surface area contributed by atoms with Crippen molar-refractivity contribution < 1.29 is 9.59 Å². The zero-order valence-corrected chi connectivity index (χ0v) is 9.59. The fraction of sp³-hybridized carbons (Fsp3) is 0.556. The van der Waals surface area contributed by atoms with Crippen molar-refractivity contribution in [2.24, 2.45) is 0 Å². The second-order valence-corrected chi connectivity index (χ2v) is 4.17. The molecule has 0 aromatic rings. The van der Waals surface area contributed by atoms with Crippen LogP contribution in [-0.2, 0) is 9.59 Å². The van der Waals surface area contributed by atoms with E-state index in [0.717, 1.165) is 5.70 Å². The van der Waals surface area contributed by atoms with Gasteiger partial charge in [0.25, 0.3) is 0 Å². The first-order chi connectivity index (χ1) is 6.45. The Morgan fingerprint density at radius 2 is 1.93 bits per heavy atom. The van der Waals surface area contributed by atoms with Crippen LogP contribution in [0.25, 0.3) is 0 Å². The largest absolute Gasteiger partial charge is 0.348 e. The van der Waals surface area contributed by atoms with Gasteiger partial charge in [0.2, 0.25) is 11.8 Å². The molecule has 0 saturated heterocycles. The predicted octanol–water partition coefficient (Wildman–Crippen LogP) is 1.20. The molecule has 14 heavy (non-hydrogen) atoms. The maximum absolute atomic E-state index is 11.3. The predicted molar refractivity (Wildman–Crippen MR) is 56.1 cm³/mol. The van der Waals surface area contributed by atoms with E-state index in [1.54, 1.807) is 0 Å². The van der Waals surface area contributed by atoms with Gasteiger partial charge in [0, 0.05) is 26.6 Å². The Hall–Kier alpha value is -0.970. The molecule has 1 aliphatic rings. The van der Waals surface area contributed by atoms with Crippen LogP contribution in [0.15, 0.2) is 11.1 Å². The minimum Gasteiger partial charge on any atom is -0.348 e. The number of amides is 2. The van der Waals surface area contributed by atoms with E-state index in [1.807, 2.05) is 24.3 Å². The maximum Gasteiger partial charge on any atom is 0.228 e. The molecule has 0 fully saturated rings. The first-order valence-corrected chi connectivity index (χ1v) is 5.25. The molecule has 0 bridgehead atoms. The topological polar surface area (TPSA) is 40.6 Å². The van der Waals surface area contributed by atoms with Crippen LogP contribution in [0.4, 0.5) is 0 Å². The summed E-state index contributed by atoms with van der Waals surface area (Å²) in [5.41, 5.74) is 0.845. The normalized spacial score (nSPS) is 20.7. The van der Waals surface area contributed by atoms with Crippen molar-refractivity contribution in [2.75, 3.05) is 7.05 Å². The highest BCUT2D eigenvalue weighted by Crippen LogP contribution is 2.31. The number of carbonyl (C=O) groups excluding carboxylic acids is 2. The van der Waals surface area contributed by atoms with Gasteiger partial charge < -0.3 is 4.90 Å². The monoisotopic (exact) mass is 214 g/mol. The fourth-order valence-corrected chi connectivity index (χ4v) is 2.53. The van der Waals surface area contributed by atoms with Crippen LogP contribution >= 0.6 is 11.8 Å². The second kappa shape index (κ2) is 4.04. The van der Waals surface area contributed by atoms with E-state index < -0.39 is 0 Å². The lowest BCUT2D eigenvalue weighted by atomic mass is 10.4. The van der Waals surface area contributed by atoms with Gasteiger partial charge in [-0.15, -0.1) is 0 Å². The average Bonchev–Trinajstić information content (AvgIpc) is 2.35. The molecular formula is C9H14N2O2S. The van der Waals surface area contributed by atoms with Crippen molar-refractivity contribution in [3.63, 3.8) is 0 Å². The van der Waals surface area contributed by atoms with E-state index in [1.165, 1.54) is 30.5 Å². The zero-order valence-electron chi connectivity index (χ0n) is 8.77. The molecule has 0 aromatic heterocycles. The summed E-state index contributed by atoms with van der Waals surface area (Å²) in [6.07, 6.45) is 0. The quantitative estimate of drug-likeness (QED) is 0.657. The third-order valence-corrected chi connectivity index (χ3v) is 3.40. The molecule has 2 amide bonds. The van der Waals surface area contributed by atoms with Gasteiger partial charge >= 0.3 is 0 Å². The van der Waals surface area contributed by atoms with Gasteiger partial charge in [-0.25, -0.2) is 0 Å². The van der Waals surface area contributed by atoms with Gasteiger partial charge in [-0.3, -0.25) is 14.5 Å². The minimum absolute atomic E-state index is 0.218. The van der Waals surface area contributed by atoms with Gasteiger partial charge in [0.1, 0.15) is 0 Å². The van der Waals surface area contributed by atoms with Gasteiger partial charge in [-0.2, -0.15) is 0 Å². The number of nitrogens with zero attached hydrogens (tertiary/aromatic N) is 2. The number of imide groups is 1. The summed E-state index contributed by atoms with van der Waals surface area (Å²) < 4.78 is 0. The molecule has 0 radical (unpaired) electrons. The molecule has 0 aromatic carbocycles. The second-order valence-electron chi connectivity index (χ2n) is 3.24. The van der Waals surface area contributed by atoms with Gasteiger partial charge in [0.15, 0.2) is 5.50 Å². The Kier molecular flexibility index (Phi) is 3.21. The highest BCUT2D eigenvalue weighted by atomic mass is 32.2. The first kappa shape index (κ1) is 11.1. The zero-order chi connectivity index (χ0) is 10.9. The van der Waals surface area contributed by atoms with Crippen LogP contribution in [0, 0.1) is 0 Å². The van der Waals surface area contributed by atoms with E-state index in [2.05, 4.69) is 0 Å². The van der Waals surface area contributed by atoms with E-state index >= 15 is 0 Å². The van der Waals surface area contributed by atoms with Crippen molar-refractivity contribution in [1.82, 2.24) is 9.80 Å². The average molecular weight is 214 g/mol. The number of carbonyl (C=O) groups is 2. The molecule has 1 unspecified atom stereocenters. The standard InChI is InChI=1S/C9H14N2O2S/c1-6-5-14-9(10(6)4)11(7(2)12)8(3)13/h5,9H,1-4H3. The van der Waals surface area contributed by atoms with Crippen molar-refractivity contribution >= 4 is 23.6 Å². The SMILES string of the molecule is CC(=O)N(C(C)=O)C1SC=C(C)N1C. The van der Waals surface area contributed by atoms with Crippen LogP contribution in [0.1, 0.15) is 20.8 Å². The molecular weight excluding hydrogens is 200 g/mol. The lowest BCUT2D eigenvalue weighted by Gasteiger charge is -2.31. The molecule has 5 heteroatoms. The van der Waals surface area contributed by atoms with Crippen molar-refractivity contribution in [3.05, 3.63) is 11.1 Å². The first-order valence-electron chi connectivity index (χ1n) is 4.30. The van der Waals surface area contributed by atoms with Crippen LogP contribution < -0.4 is 0 Å². The van der Waals surface area contributed by atoms with E-state index in [0.29, 0.717) is 0 Å². The summed E-state index contributed by atoms with van der Waals surface area (Å²) in [7, 11) is 1.87. The minimum atomic E-state index is -0.218. The van der Waals surface area contributed by atoms with E-state index in [4.69, 9.17) is 0 Å². The van der Waals surface area contributed by atoms with Crippen LogP contribution in [-0.4, -0.2) is 34.2 Å². The molecule has 0 N–H and O–H groups in total. The maximum atomic E-state index is 11.3. The number of hydrogen-bond acceptors (Lipinski definition) is 4. The molecule has 1 atom stereocenters. The highest BCUT2D eigenvalue weighted by molar-refractivity contribution is 8.02. The number of rotatable bonds is 1. The number of allylic oxidation sites excluding steroid dienone is 1. The number of thioether (sulfide) groups is 1. The molecule has 1 heterocycles. The van der Waals surface area contributed by atoms with Crippen LogP contribution in [0.5, 0.6) is 0 Å². The van der Waals surface area contributed by atoms with Gasteiger partial charge in [-0.1, -0.05) is 11.8 Å².